The molecule has 15 heavy (non-hydrogen) atoms. The summed E-state index contributed by atoms with van der Waals surface area (Å²) in [5, 5.41) is 0.700. The van der Waals surface area contributed by atoms with E-state index < -0.39 is 0 Å². The summed E-state index contributed by atoms with van der Waals surface area (Å²) in [6.07, 6.45) is 0. The largest absolute Gasteiger partial charge is 0.295 e. The average molecular weight is 223 g/mol. The zero-order valence-corrected chi connectivity index (χ0v) is 10.3. The molecule has 0 aliphatic carbocycles. The number of carbonyl (C=O) groups is 1. The van der Waals surface area contributed by atoms with Gasteiger partial charge in [0.15, 0.2) is 5.78 Å². The van der Waals surface area contributed by atoms with Crippen molar-refractivity contribution in [3.63, 3.8) is 0 Å². The Kier molecular flexibility index (Phi) is 3.70. The average Bonchev–Trinajstić information content (AvgIpc) is 2.19. The predicted molar refractivity (Wildman–Crippen MR) is 65.1 cm³/mol. The fourth-order valence-electron chi connectivity index (χ4n) is 1.46. The summed E-state index contributed by atoms with van der Waals surface area (Å²) >= 11 is 5.94. The zero-order valence-electron chi connectivity index (χ0n) is 9.52. The van der Waals surface area contributed by atoms with Gasteiger partial charge in [0.1, 0.15) is 0 Å². The summed E-state index contributed by atoms with van der Waals surface area (Å²) in [6, 6.07) is 5.73. The fourth-order valence-corrected chi connectivity index (χ4v) is 1.64. The van der Waals surface area contributed by atoms with Crippen molar-refractivity contribution < 1.29 is 4.79 Å². The summed E-state index contributed by atoms with van der Waals surface area (Å²) in [5.74, 6) is 0.104. The van der Waals surface area contributed by atoms with Crippen LogP contribution in [0.25, 0.3) is 5.57 Å². The van der Waals surface area contributed by atoms with Gasteiger partial charge in [-0.3, -0.25) is 4.79 Å². The Morgan fingerprint density at radius 1 is 1.20 bits per heavy atom. The molecule has 0 aromatic heterocycles. The van der Waals surface area contributed by atoms with Crippen LogP contribution in [0.1, 0.15) is 31.9 Å². The number of hydrogen-bond acceptors (Lipinski definition) is 1. The second-order valence-corrected chi connectivity index (χ2v) is 4.20. The number of ketones is 1. The van der Waals surface area contributed by atoms with E-state index in [-0.39, 0.29) is 5.78 Å². The van der Waals surface area contributed by atoms with Gasteiger partial charge in [-0.15, -0.1) is 0 Å². The second-order valence-electron chi connectivity index (χ2n) is 3.77. The number of allylic oxidation sites excluding steroid dienone is 2. The van der Waals surface area contributed by atoms with E-state index in [9.17, 15) is 4.79 Å². The molecule has 0 N–H and O–H groups in total. The van der Waals surface area contributed by atoms with Crippen LogP contribution >= 0.6 is 11.6 Å². The highest BCUT2D eigenvalue weighted by Gasteiger charge is 2.07. The maximum Gasteiger partial charge on any atom is 0.155 e. The van der Waals surface area contributed by atoms with Gasteiger partial charge in [-0.05, 0) is 62.1 Å². The summed E-state index contributed by atoms with van der Waals surface area (Å²) in [7, 11) is 0. The van der Waals surface area contributed by atoms with E-state index in [0.29, 0.717) is 5.02 Å². The predicted octanol–water partition coefficient (Wildman–Crippen LogP) is 4.03. The first kappa shape index (κ1) is 12.0. The smallest absolute Gasteiger partial charge is 0.155 e. The third-order valence-corrected chi connectivity index (χ3v) is 2.93. The Balaban J connectivity index is 3.33. The molecule has 0 spiro atoms. The minimum Gasteiger partial charge on any atom is -0.295 e. The van der Waals surface area contributed by atoms with Gasteiger partial charge in [0, 0.05) is 5.02 Å². The molecule has 0 saturated carbocycles. The summed E-state index contributed by atoms with van der Waals surface area (Å²) in [6.45, 7) is 7.40. The Morgan fingerprint density at radius 3 is 2.33 bits per heavy atom. The van der Waals surface area contributed by atoms with Crippen LogP contribution in [0, 0.1) is 6.92 Å². The molecule has 0 radical (unpaired) electrons. The Morgan fingerprint density at radius 2 is 1.80 bits per heavy atom. The van der Waals surface area contributed by atoms with Gasteiger partial charge < -0.3 is 0 Å². The van der Waals surface area contributed by atoms with E-state index in [1.165, 1.54) is 0 Å². The van der Waals surface area contributed by atoms with Crippen LogP contribution in [-0.4, -0.2) is 5.78 Å². The van der Waals surface area contributed by atoms with Crippen molar-refractivity contribution in [2.75, 3.05) is 0 Å². The molecule has 0 fully saturated rings. The molecule has 1 aromatic carbocycles. The maximum atomic E-state index is 11.3. The van der Waals surface area contributed by atoms with Crippen LogP contribution in [0.5, 0.6) is 0 Å². The molecule has 1 aromatic rings. The van der Waals surface area contributed by atoms with Crippen molar-refractivity contribution in [1.29, 1.82) is 0 Å². The van der Waals surface area contributed by atoms with Crippen molar-refractivity contribution in [3.8, 4) is 0 Å². The van der Waals surface area contributed by atoms with Crippen molar-refractivity contribution in [2.45, 2.75) is 27.7 Å². The molecule has 2 heteroatoms. The maximum absolute atomic E-state index is 11.3. The minimum absolute atomic E-state index is 0.104. The Hall–Kier alpha value is -1.08. The molecular weight excluding hydrogens is 208 g/mol. The van der Waals surface area contributed by atoms with Crippen molar-refractivity contribution in [2.24, 2.45) is 0 Å². The van der Waals surface area contributed by atoms with Gasteiger partial charge in [0.25, 0.3) is 0 Å². The zero-order chi connectivity index (χ0) is 11.6. The van der Waals surface area contributed by atoms with E-state index >= 15 is 0 Å². The molecule has 0 aliphatic rings. The van der Waals surface area contributed by atoms with Gasteiger partial charge in [0.2, 0.25) is 0 Å². The van der Waals surface area contributed by atoms with Gasteiger partial charge >= 0.3 is 0 Å². The van der Waals surface area contributed by atoms with Crippen molar-refractivity contribution in [1.82, 2.24) is 0 Å². The molecule has 0 unspecified atom stereocenters. The topological polar surface area (TPSA) is 17.1 Å². The second kappa shape index (κ2) is 4.63. The molecule has 0 heterocycles. The fraction of sp³-hybridized carbons (Fsp3) is 0.308. The highest BCUT2D eigenvalue weighted by Crippen LogP contribution is 2.25. The summed E-state index contributed by atoms with van der Waals surface area (Å²) < 4.78 is 0. The first-order valence-electron chi connectivity index (χ1n) is 4.88. The number of hydrogen-bond donors (Lipinski definition) is 0. The van der Waals surface area contributed by atoms with Crippen LogP contribution in [0.4, 0.5) is 0 Å². The van der Waals surface area contributed by atoms with Gasteiger partial charge in [0.05, 0.1) is 0 Å². The first-order valence-corrected chi connectivity index (χ1v) is 5.26. The Bertz CT molecular complexity index is 430. The Labute approximate surface area is 95.8 Å². The standard InChI is InChI=1S/C13H15ClO/c1-8-5-6-12(14)7-13(8)10(3)9(2)11(4)15/h5-7H,1-4H3. The lowest BCUT2D eigenvalue weighted by Gasteiger charge is -2.09. The summed E-state index contributed by atoms with van der Waals surface area (Å²) in [4.78, 5) is 11.3. The van der Waals surface area contributed by atoms with Crippen LogP contribution in [-0.2, 0) is 4.79 Å². The summed E-state index contributed by atoms with van der Waals surface area (Å²) in [5.41, 5.74) is 3.98. The molecule has 1 nitrogen and oxygen atoms in total. The van der Waals surface area contributed by atoms with E-state index in [1.807, 2.05) is 39.0 Å². The van der Waals surface area contributed by atoms with Crippen molar-refractivity contribution >= 4 is 23.0 Å². The molecular formula is C13H15ClO. The number of aryl methyl sites for hydroxylation is 1. The third kappa shape index (κ3) is 2.69. The lowest BCUT2D eigenvalue weighted by molar-refractivity contribution is -0.113. The monoisotopic (exact) mass is 222 g/mol. The third-order valence-electron chi connectivity index (χ3n) is 2.69. The van der Waals surface area contributed by atoms with Crippen LogP contribution in [0.3, 0.4) is 0 Å². The highest BCUT2D eigenvalue weighted by molar-refractivity contribution is 6.30. The van der Waals surface area contributed by atoms with Gasteiger partial charge in [-0.1, -0.05) is 17.7 Å². The van der Waals surface area contributed by atoms with Crippen LogP contribution < -0.4 is 0 Å². The van der Waals surface area contributed by atoms with E-state index in [0.717, 1.165) is 22.3 Å². The van der Waals surface area contributed by atoms with E-state index in [1.54, 1.807) is 6.92 Å². The molecule has 0 amide bonds. The molecule has 0 saturated heterocycles. The highest BCUT2D eigenvalue weighted by atomic mass is 35.5. The van der Waals surface area contributed by atoms with E-state index in [4.69, 9.17) is 11.6 Å². The number of Topliss-reactive ketones (excluding diaryl/α,β-unsaturated/α-hetero) is 1. The normalized spacial score (nSPS) is 12.3. The van der Waals surface area contributed by atoms with Crippen LogP contribution in [0.15, 0.2) is 23.8 Å². The lowest BCUT2D eigenvalue weighted by Crippen LogP contribution is -1.97. The quantitative estimate of drug-likeness (QED) is 0.691. The SMILES string of the molecule is CC(=O)C(C)=C(C)c1cc(Cl)ccc1C. The molecule has 0 bridgehead atoms. The van der Waals surface area contributed by atoms with Gasteiger partial charge in [-0.25, -0.2) is 0 Å². The lowest BCUT2D eigenvalue weighted by atomic mass is 9.96. The van der Waals surface area contributed by atoms with Gasteiger partial charge in [-0.2, -0.15) is 0 Å². The molecule has 0 aliphatic heterocycles. The minimum atomic E-state index is 0.104. The number of rotatable bonds is 2. The van der Waals surface area contributed by atoms with Crippen LogP contribution in [0.2, 0.25) is 5.02 Å². The number of carbonyl (C=O) groups excluding carboxylic acids is 1. The number of halogens is 1. The molecule has 1 rings (SSSR count). The van der Waals surface area contributed by atoms with E-state index in [2.05, 4.69) is 0 Å². The van der Waals surface area contributed by atoms with Crippen molar-refractivity contribution in [3.05, 3.63) is 39.9 Å². The molecule has 80 valence electrons. The first-order chi connectivity index (χ1) is 6.93. The molecule has 0 atom stereocenters. The number of benzene rings is 1.